The third kappa shape index (κ3) is 6.54. The number of aromatic nitrogens is 2. The van der Waals surface area contributed by atoms with Crippen LogP contribution in [0.25, 0.3) is 10.9 Å². The Morgan fingerprint density at radius 2 is 2.00 bits per heavy atom. The molecule has 0 bridgehead atoms. The fourth-order valence-electron chi connectivity index (χ4n) is 3.01. The average Bonchev–Trinajstić information content (AvgIpc) is 2.73. The molecule has 0 spiro atoms. The lowest BCUT2D eigenvalue weighted by molar-refractivity contribution is 0.0701. The van der Waals surface area contributed by atoms with Crippen LogP contribution in [0.3, 0.4) is 0 Å². The second-order valence-electron chi connectivity index (χ2n) is 6.94. The van der Waals surface area contributed by atoms with E-state index in [0.29, 0.717) is 46.3 Å². The van der Waals surface area contributed by atoms with Crippen LogP contribution in [0.15, 0.2) is 36.7 Å². The first-order valence-corrected chi connectivity index (χ1v) is 9.94. The van der Waals surface area contributed by atoms with Crippen LogP contribution in [0.5, 0.6) is 11.5 Å². The van der Waals surface area contributed by atoms with Crippen molar-refractivity contribution in [3.63, 3.8) is 0 Å². The molecule has 1 aromatic heterocycles. The topological polar surface area (TPSA) is 100.0 Å². The smallest absolute Gasteiger partial charge is 0.163 e. The van der Waals surface area contributed by atoms with Crippen molar-refractivity contribution in [2.75, 3.05) is 45.8 Å². The van der Waals surface area contributed by atoms with Gasteiger partial charge in [-0.25, -0.2) is 14.4 Å². The first-order chi connectivity index (χ1) is 14.9. The van der Waals surface area contributed by atoms with Gasteiger partial charge in [0.05, 0.1) is 24.9 Å². The highest BCUT2D eigenvalue weighted by atomic mass is 35.5. The quantitative estimate of drug-likeness (QED) is 0.401. The molecule has 11 heteroatoms. The van der Waals surface area contributed by atoms with E-state index in [-0.39, 0.29) is 31.3 Å². The Morgan fingerprint density at radius 1 is 1.22 bits per heavy atom. The number of likely N-dealkylation sites (N-methyl/N-ethyl adjacent to an activating group) is 1. The number of halogens is 3. The number of hydrogen-bond acceptors (Lipinski definition) is 8. The Kier molecular flexibility index (Phi) is 9.67. The Bertz CT molecular complexity index is 1040. The minimum absolute atomic E-state index is 0. The molecule has 32 heavy (non-hydrogen) atoms. The largest absolute Gasteiger partial charge is 0.493 e. The molecule has 2 aromatic carbocycles. The zero-order valence-corrected chi connectivity index (χ0v) is 19.2. The van der Waals surface area contributed by atoms with Crippen molar-refractivity contribution in [2.24, 2.45) is 0 Å². The number of benzene rings is 2. The lowest BCUT2D eigenvalue weighted by atomic mass is 10.2. The summed E-state index contributed by atoms with van der Waals surface area (Å²) in [5, 5.41) is 23.0. The van der Waals surface area contributed by atoms with Crippen LogP contribution in [0.2, 0.25) is 5.02 Å². The highest BCUT2D eigenvalue weighted by Crippen LogP contribution is 2.35. The number of aliphatic hydroxyl groups is 2. The van der Waals surface area contributed by atoms with Gasteiger partial charge in [-0.05, 0) is 31.3 Å². The van der Waals surface area contributed by atoms with Gasteiger partial charge in [0.2, 0.25) is 0 Å². The summed E-state index contributed by atoms with van der Waals surface area (Å²) in [4.78, 5) is 10.3. The summed E-state index contributed by atoms with van der Waals surface area (Å²) in [5.74, 6) is 0.701. The van der Waals surface area contributed by atoms with Crippen LogP contribution >= 0.6 is 24.0 Å². The standard InChI is InChI=1S/C21H24ClFN4O4.ClH/c1-27(5-6-28)10-14(29)11-31-20-9-18-15(8-19(20)30-2)21(25-12-24-18)26-17-4-3-13(22)7-16(17)23;/h3-4,7-9,12,14,28-29H,5-6,10-11H2,1-2H3,(H,24,25,26);1H. The molecule has 1 atom stereocenters. The van der Waals surface area contributed by atoms with Crippen molar-refractivity contribution in [1.29, 1.82) is 0 Å². The maximum absolute atomic E-state index is 14.2. The molecule has 3 N–H and O–H groups in total. The van der Waals surface area contributed by atoms with Crippen molar-refractivity contribution in [3.05, 3.63) is 47.5 Å². The lowest BCUT2D eigenvalue weighted by Crippen LogP contribution is -2.34. The van der Waals surface area contributed by atoms with Gasteiger partial charge in [-0.15, -0.1) is 12.4 Å². The normalized spacial score (nSPS) is 11.8. The second kappa shape index (κ2) is 12.0. The van der Waals surface area contributed by atoms with Gasteiger partial charge in [-0.2, -0.15) is 0 Å². The fraction of sp³-hybridized carbons (Fsp3) is 0.333. The Hall–Kier alpha value is -2.43. The lowest BCUT2D eigenvalue weighted by Gasteiger charge is -2.20. The molecule has 174 valence electrons. The maximum atomic E-state index is 14.2. The summed E-state index contributed by atoms with van der Waals surface area (Å²) < 4.78 is 25.4. The van der Waals surface area contributed by atoms with E-state index in [1.807, 2.05) is 0 Å². The van der Waals surface area contributed by atoms with Crippen LogP contribution in [0.4, 0.5) is 15.9 Å². The van der Waals surface area contributed by atoms with Crippen LogP contribution < -0.4 is 14.8 Å². The molecule has 0 radical (unpaired) electrons. The summed E-state index contributed by atoms with van der Waals surface area (Å²) in [7, 11) is 3.29. The summed E-state index contributed by atoms with van der Waals surface area (Å²) in [6.07, 6.45) is 0.598. The number of fused-ring (bicyclic) bond motifs is 1. The molecule has 0 saturated carbocycles. The molecule has 3 aromatic rings. The summed E-state index contributed by atoms with van der Waals surface area (Å²) in [5.41, 5.74) is 0.772. The number of hydrogen-bond donors (Lipinski definition) is 3. The zero-order chi connectivity index (χ0) is 22.4. The maximum Gasteiger partial charge on any atom is 0.163 e. The summed E-state index contributed by atoms with van der Waals surface area (Å²) in [6, 6.07) is 7.67. The van der Waals surface area contributed by atoms with Crippen LogP contribution in [0.1, 0.15) is 0 Å². The number of rotatable bonds is 10. The second-order valence-corrected chi connectivity index (χ2v) is 7.38. The number of methoxy groups -OCH3 is 1. The van der Waals surface area contributed by atoms with Gasteiger partial charge in [-0.3, -0.25) is 0 Å². The first-order valence-electron chi connectivity index (χ1n) is 9.56. The predicted molar refractivity (Wildman–Crippen MR) is 124 cm³/mol. The van der Waals surface area contributed by atoms with E-state index in [0.717, 1.165) is 0 Å². The molecule has 0 aliphatic rings. The molecule has 0 amide bonds. The Morgan fingerprint density at radius 3 is 2.69 bits per heavy atom. The zero-order valence-electron chi connectivity index (χ0n) is 17.6. The third-order valence-electron chi connectivity index (χ3n) is 4.54. The predicted octanol–water partition coefficient (Wildman–Crippen LogP) is 3.26. The summed E-state index contributed by atoms with van der Waals surface area (Å²) >= 11 is 5.81. The van der Waals surface area contributed by atoms with E-state index in [1.54, 1.807) is 30.1 Å². The highest BCUT2D eigenvalue weighted by Gasteiger charge is 2.15. The van der Waals surface area contributed by atoms with Crippen LogP contribution in [0, 0.1) is 5.82 Å². The van der Waals surface area contributed by atoms with E-state index >= 15 is 0 Å². The molecule has 1 heterocycles. The molecule has 1 unspecified atom stereocenters. The molecular formula is C21H25Cl2FN4O4. The highest BCUT2D eigenvalue weighted by molar-refractivity contribution is 6.30. The molecule has 0 aliphatic carbocycles. The van der Waals surface area contributed by atoms with Gasteiger partial charge in [0.1, 0.15) is 30.7 Å². The van der Waals surface area contributed by atoms with E-state index in [2.05, 4.69) is 15.3 Å². The van der Waals surface area contributed by atoms with E-state index in [9.17, 15) is 9.50 Å². The molecule has 0 fully saturated rings. The molecular weight excluding hydrogens is 462 g/mol. The fourth-order valence-corrected chi connectivity index (χ4v) is 3.17. The van der Waals surface area contributed by atoms with Gasteiger partial charge in [0, 0.05) is 29.6 Å². The van der Waals surface area contributed by atoms with E-state index < -0.39 is 11.9 Å². The number of anilines is 2. The van der Waals surface area contributed by atoms with Gasteiger partial charge >= 0.3 is 0 Å². The molecule has 0 aliphatic heterocycles. The van der Waals surface area contributed by atoms with E-state index in [1.165, 1.54) is 25.6 Å². The van der Waals surface area contributed by atoms with Gasteiger partial charge in [0.25, 0.3) is 0 Å². The van der Waals surface area contributed by atoms with Crippen molar-refractivity contribution in [2.45, 2.75) is 6.10 Å². The summed E-state index contributed by atoms with van der Waals surface area (Å²) in [6.45, 7) is 0.846. The Labute approximate surface area is 196 Å². The number of aliphatic hydroxyl groups excluding tert-OH is 2. The monoisotopic (exact) mass is 486 g/mol. The van der Waals surface area contributed by atoms with Crippen molar-refractivity contribution < 1.29 is 24.1 Å². The van der Waals surface area contributed by atoms with Gasteiger partial charge < -0.3 is 29.9 Å². The van der Waals surface area contributed by atoms with Crippen LogP contribution in [-0.4, -0.2) is 71.6 Å². The van der Waals surface area contributed by atoms with Gasteiger partial charge in [0.15, 0.2) is 11.5 Å². The molecule has 8 nitrogen and oxygen atoms in total. The molecule has 3 rings (SSSR count). The molecule has 0 saturated heterocycles. The SMILES string of the molecule is COc1cc2c(Nc3ccc(Cl)cc3F)ncnc2cc1OCC(O)CN(C)CCO.Cl. The number of nitrogens with zero attached hydrogens (tertiary/aromatic N) is 3. The number of ether oxygens (including phenoxy) is 2. The third-order valence-corrected chi connectivity index (χ3v) is 4.78. The Balaban J connectivity index is 0.00000363. The van der Waals surface area contributed by atoms with E-state index in [4.69, 9.17) is 26.2 Å². The first kappa shape index (κ1) is 25.8. The van der Waals surface area contributed by atoms with Crippen LogP contribution in [-0.2, 0) is 0 Å². The number of nitrogens with one attached hydrogen (secondary N) is 1. The minimum atomic E-state index is -0.757. The minimum Gasteiger partial charge on any atom is -0.493 e. The van der Waals surface area contributed by atoms with Gasteiger partial charge in [-0.1, -0.05) is 11.6 Å². The van der Waals surface area contributed by atoms with Crippen molar-refractivity contribution in [3.8, 4) is 11.5 Å². The van der Waals surface area contributed by atoms with Crippen molar-refractivity contribution in [1.82, 2.24) is 14.9 Å². The average molecular weight is 487 g/mol. The van der Waals surface area contributed by atoms with Crippen molar-refractivity contribution >= 4 is 46.4 Å².